The summed E-state index contributed by atoms with van der Waals surface area (Å²) >= 11 is 0. The molecule has 0 saturated heterocycles. The highest BCUT2D eigenvalue weighted by Gasteiger charge is 2.51. The Bertz CT molecular complexity index is 2850. The SMILES string of the molecule is c1ccc(-c2cccc(-c3cccc(-c4ccc(-c5cccc(-c6ccc7c(c6)C6(c8ccccc8-c8ccccc86)c6ccccc6-7)c5)cc4)c3)c2)cc1. The average Bonchev–Trinajstić information content (AvgIpc) is 3.74. The summed E-state index contributed by atoms with van der Waals surface area (Å²) in [7, 11) is 0. The summed E-state index contributed by atoms with van der Waals surface area (Å²) in [6.45, 7) is 0. The van der Waals surface area contributed by atoms with Gasteiger partial charge in [0.25, 0.3) is 0 Å². The third-order valence-corrected chi connectivity index (χ3v) is 11.9. The molecule has 256 valence electrons. The Labute approximate surface area is 322 Å². The van der Waals surface area contributed by atoms with E-state index >= 15 is 0 Å². The summed E-state index contributed by atoms with van der Waals surface area (Å²) in [5.74, 6) is 0. The fraction of sp³-hybridized carbons (Fsp3) is 0.0182. The van der Waals surface area contributed by atoms with E-state index in [9.17, 15) is 0 Å². The lowest BCUT2D eigenvalue weighted by Gasteiger charge is -2.30. The van der Waals surface area contributed by atoms with Gasteiger partial charge < -0.3 is 0 Å². The van der Waals surface area contributed by atoms with Gasteiger partial charge in [0.15, 0.2) is 0 Å². The lowest BCUT2D eigenvalue weighted by Crippen LogP contribution is -2.25. The van der Waals surface area contributed by atoms with Crippen LogP contribution in [-0.4, -0.2) is 0 Å². The summed E-state index contributed by atoms with van der Waals surface area (Å²) < 4.78 is 0. The Morgan fingerprint density at radius 1 is 0.182 bits per heavy atom. The zero-order chi connectivity index (χ0) is 36.3. The van der Waals surface area contributed by atoms with Crippen molar-refractivity contribution in [1.29, 1.82) is 0 Å². The van der Waals surface area contributed by atoms with Crippen molar-refractivity contribution in [3.63, 3.8) is 0 Å². The number of benzene rings is 9. The highest BCUT2D eigenvalue weighted by atomic mass is 14.5. The molecule has 0 fully saturated rings. The minimum atomic E-state index is -0.343. The molecule has 0 amide bonds. The predicted octanol–water partition coefficient (Wildman–Crippen LogP) is 14.4. The molecule has 0 N–H and O–H groups in total. The Morgan fingerprint density at radius 3 is 0.909 bits per heavy atom. The molecule has 0 heteroatoms. The van der Waals surface area contributed by atoms with Crippen LogP contribution in [0.5, 0.6) is 0 Å². The molecular weight excluding hydrogens is 661 g/mol. The molecule has 0 atom stereocenters. The lowest BCUT2D eigenvalue weighted by molar-refractivity contribution is 0.794. The monoisotopic (exact) mass is 696 g/mol. The van der Waals surface area contributed by atoms with Crippen LogP contribution in [0, 0.1) is 0 Å². The maximum absolute atomic E-state index is 2.47. The standard InChI is InChI=1S/C55H36/c1-2-13-37(14-3-1)40-15-10-18-43(33-40)44-19-11-16-41(34-44)38-27-29-39(30-28-38)42-17-12-20-45(35-42)46-31-32-50-49-23-6-9-26-53(49)55(54(50)36-46)51-24-7-4-21-47(51)48-22-5-8-25-52(48)55/h1-36H. The van der Waals surface area contributed by atoms with Crippen molar-refractivity contribution in [2.45, 2.75) is 5.41 Å². The van der Waals surface area contributed by atoms with Gasteiger partial charge in [-0.2, -0.15) is 0 Å². The van der Waals surface area contributed by atoms with Crippen LogP contribution in [0.15, 0.2) is 218 Å². The molecule has 0 radical (unpaired) electrons. The molecular formula is C55H36. The third kappa shape index (κ3) is 4.92. The molecule has 0 aromatic heterocycles. The average molecular weight is 697 g/mol. The first-order chi connectivity index (χ1) is 27.3. The second-order valence-corrected chi connectivity index (χ2v) is 14.8. The van der Waals surface area contributed by atoms with Crippen molar-refractivity contribution >= 4 is 0 Å². The molecule has 0 nitrogen and oxygen atoms in total. The number of hydrogen-bond donors (Lipinski definition) is 0. The zero-order valence-corrected chi connectivity index (χ0v) is 30.3. The normalized spacial score (nSPS) is 12.9. The van der Waals surface area contributed by atoms with Gasteiger partial charge in [0.05, 0.1) is 5.41 Å². The maximum atomic E-state index is 2.47. The fourth-order valence-corrected chi connectivity index (χ4v) is 9.40. The van der Waals surface area contributed by atoms with Crippen LogP contribution in [0.4, 0.5) is 0 Å². The van der Waals surface area contributed by atoms with Crippen LogP contribution in [0.25, 0.3) is 77.9 Å². The molecule has 0 bridgehead atoms. The van der Waals surface area contributed by atoms with E-state index in [0.717, 1.165) is 0 Å². The van der Waals surface area contributed by atoms with Gasteiger partial charge >= 0.3 is 0 Å². The van der Waals surface area contributed by atoms with Crippen LogP contribution < -0.4 is 0 Å². The Kier molecular flexibility index (Phi) is 7.19. The van der Waals surface area contributed by atoms with Gasteiger partial charge in [-0.25, -0.2) is 0 Å². The molecule has 2 aliphatic carbocycles. The van der Waals surface area contributed by atoms with Gasteiger partial charge in [-0.1, -0.05) is 194 Å². The van der Waals surface area contributed by atoms with Gasteiger partial charge in [-0.15, -0.1) is 0 Å². The smallest absolute Gasteiger partial charge is 0.0622 e. The van der Waals surface area contributed by atoms with E-state index in [1.54, 1.807) is 0 Å². The summed E-state index contributed by atoms with van der Waals surface area (Å²) in [5.41, 5.74) is 22.7. The quantitative estimate of drug-likeness (QED) is 0.168. The number of hydrogen-bond acceptors (Lipinski definition) is 0. The summed E-state index contributed by atoms with van der Waals surface area (Å²) in [6, 6.07) is 80.6. The summed E-state index contributed by atoms with van der Waals surface area (Å²) in [5, 5.41) is 0. The van der Waals surface area contributed by atoms with Crippen molar-refractivity contribution in [2.24, 2.45) is 0 Å². The van der Waals surface area contributed by atoms with Crippen molar-refractivity contribution in [3.05, 3.63) is 241 Å². The Balaban J connectivity index is 0.941. The number of rotatable bonds is 5. The minimum Gasteiger partial charge on any atom is -0.0622 e. The van der Waals surface area contributed by atoms with Crippen LogP contribution in [0.1, 0.15) is 22.3 Å². The first-order valence-electron chi connectivity index (χ1n) is 19.2. The molecule has 1 spiro atoms. The zero-order valence-electron chi connectivity index (χ0n) is 30.3. The fourth-order valence-electron chi connectivity index (χ4n) is 9.40. The number of fused-ring (bicyclic) bond motifs is 10. The van der Waals surface area contributed by atoms with E-state index < -0.39 is 0 Å². The molecule has 0 saturated carbocycles. The van der Waals surface area contributed by atoms with E-state index in [2.05, 4.69) is 218 Å². The molecule has 9 aromatic rings. The second kappa shape index (κ2) is 12.5. The van der Waals surface area contributed by atoms with Gasteiger partial charge in [0, 0.05) is 0 Å². The van der Waals surface area contributed by atoms with Gasteiger partial charge in [-0.05, 0) is 124 Å². The second-order valence-electron chi connectivity index (χ2n) is 14.8. The van der Waals surface area contributed by atoms with Gasteiger partial charge in [0.1, 0.15) is 0 Å². The summed E-state index contributed by atoms with van der Waals surface area (Å²) in [6.07, 6.45) is 0. The molecule has 11 rings (SSSR count). The molecule has 0 unspecified atom stereocenters. The van der Waals surface area contributed by atoms with E-state index in [-0.39, 0.29) is 5.41 Å². The Hall–Kier alpha value is -7.02. The third-order valence-electron chi connectivity index (χ3n) is 11.9. The van der Waals surface area contributed by atoms with Gasteiger partial charge in [-0.3, -0.25) is 0 Å². The summed E-state index contributed by atoms with van der Waals surface area (Å²) in [4.78, 5) is 0. The van der Waals surface area contributed by atoms with Crippen molar-refractivity contribution < 1.29 is 0 Å². The van der Waals surface area contributed by atoms with Gasteiger partial charge in [0.2, 0.25) is 0 Å². The topological polar surface area (TPSA) is 0 Å². The Morgan fingerprint density at radius 2 is 0.473 bits per heavy atom. The molecule has 55 heavy (non-hydrogen) atoms. The van der Waals surface area contributed by atoms with E-state index in [4.69, 9.17) is 0 Å². The molecule has 0 heterocycles. The van der Waals surface area contributed by atoms with E-state index in [1.807, 2.05) is 0 Å². The van der Waals surface area contributed by atoms with Crippen molar-refractivity contribution in [1.82, 2.24) is 0 Å². The largest absolute Gasteiger partial charge is 0.0725 e. The van der Waals surface area contributed by atoms with Crippen LogP contribution in [-0.2, 0) is 5.41 Å². The highest BCUT2D eigenvalue weighted by molar-refractivity contribution is 5.96. The van der Waals surface area contributed by atoms with Crippen molar-refractivity contribution in [2.75, 3.05) is 0 Å². The molecule has 0 aliphatic heterocycles. The first-order valence-corrected chi connectivity index (χ1v) is 19.2. The first kappa shape index (κ1) is 31.5. The minimum absolute atomic E-state index is 0.343. The van der Waals surface area contributed by atoms with Crippen LogP contribution in [0.2, 0.25) is 0 Å². The van der Waals surface area contributed by atoms with Crippen LogP contribution >= 0.6 is 0 Å². The predicted molar refractivity (Wildman–Crippen MR) is 230 cm³/mol. The van der Waals surface area contributed by atoms with Crippen molar-refractivity contribution in [3.8, 4) is 77.9 Å². The van der Waals surface area contributed by atoms with E-state index in [0.29, 0.717) is 0 Å². The lowest BCUT2D eigenvalue weighted by atomic mass is 9.70. The maximum Gasteiger partial charge on any atom is 0.0725 e. The van der Waals surface area contributed by atoms with E-state index in [1.165, 1.54) is 100 Å². The highest BCUT2D eigenvalue weighted by Crippen LogP contribution is 2.63. The molecule has 2 aliphatic rings. The van der Waals surface area contributed by atoms with Crippen LogP contribution in [0.3, 0.4) is 0 Å². The molecule has 9 aromatic carbocycles.